The van der Waals surface area contributed by atoms with E-state index in [2.05, 4.69) is 11.4 Å². The van der Waals surface area contributed by atoms with E-state index < -0.39 is 18.5 Å². The number of urea groups is 1. The van der Waals surface area contributed by atoms with Crippen LogP contribution in [0.15, 0.2) is 24.3 Å². The van der Waals surface area contributed by atoms with Crippen LogP contribution in [0.5, 0.6) is 0 Å². The number of nitrogens with zero attached hydrogens (tertiary/aromatic N) is 1. The fourth-order valence-electron chi connectivity index (χ4n) is 2.99. The minimum atomic E-state index is -2.77. The first-order chi connectivity index (χ1) is 10.5. The summed E-state index contributed by atoms with van der Waals surface area (Å²) in [5.74, 6) is -2.77. The number of fused-ring (bicyclic) bond motifs is 1. The summed E-state index contributed by atoms with van der Waals surface area (Å²) in [5, 5.41) is 2.72. The summed E-state index contributed by atoms with van der Waals surface area (Å²) in [5.41, 5.74) is 2.39. The van der Waals surface area contributed by atoms with Gasteiger partial charge in [0.05, 0.1) is 19.3 Å². The molecule has 1 atom stereocenters. The lowest BCUT2D eigenvalue weighted by molar-refractivity contribution is -0.0527. The van der Waals surface area contributed by atoms with Gasteiger partial charge in [-0.1, -0.05) is 24.3 Å². The predicted molar refractivity (Wildman–Crippen MR) is 77.9 cm³/mol. The molecule has 2 aliphatic rings. The number of halogens is 2. The van der Waals surface area contributed by atoms with E-state index in [0.717, 1.165) is 6.42 Å². The normalized spacial score (nSPS) is 23.7. The maximum absolute atomic E-state index is 13.3. The van der Waals surface area contributed by atoms with Crippen molar-refractivity contribution in [3.05, 3.63) is 35.4 Å². The molecule has 0 radical (unpaired) electrons. The molecule has 1 N–H and O–H groups in total. The van der Waals surface area contributed by atoms with Gasteiger partial charge in [-0.25, -0.2) is 13.6 Å². The molecule has 1 aromatic rings. The number of amides is 2. The molecular weight excluding hydrogens is 290 g/mol. The highest BCUT2D eigenvalue weighted by Crippen LogP contribution is 2.26. The minimum absolute atomic E-state index is 0.107. The Labute approximate surface area is 128 Å². The van der Waals surface area contributed by atoms with Crippen LogP contribution in [-0.2, 0) is 17.8 Å². The number of ether oxygens (including phenoxy) is 1. The quantitative estimate of drug-likeness (QED) is 0.912. The number of carbonyl (C=O) groups is 1. The number of nitrogens with one attached hydrogen (secondary N) is 1. The lowest BCUT2D eigenvalue weighted by Crippen LogP contribution is -2.51. The summed E-state index contributed by atoms with van der Waals surface area (Å²) in [6.45, 7) is 0.761. The van der Waals surface area contributed by atoms with Crippen molar-refractivity contribution >= 4 is 6.03 Å². The zero-order valence-corrected chi connectivity index (χ0v) is 12.4. The molecule has 0 aromatic heterocycles. The van der Waals surface area contributed by atoms with Crippen LogP contribution in [-0.4, -0.2) is 42.6 Å². The van der Waals surface area contributed by atoms with E-state index in [1.165, 1.54) is 16.0 Å². The van der Waals surface area contributed by atoms with Crippen LogP contribution in [0.3, 0.4) is 0 Å². The van der Waals surface area contributed by atoms with Crippen LogP contribution >= 0.6 is 0 Å². The van der Waals surface area contributed by atoms with E-state index in [1.54, 1.807) is 0 Å². The van der Waals surface area contributed by atoms with Crippen LogP contribution < -0.4 is 5.32 Å². The van der Waals surface area contributed by atoms with Crippen LogP contribution in [0, 0.1) is 0 Å². The molecule has 1 aromatic carbocycles. The van der Waals surface area contributed by atoms with Gasteiger partial charge >= 0.3 is 6.03 Å². The van der Waals surface area contributed by atoms with Crippen LogP contribution in [0.1, 0.15) is 24.0 Å². The third-order valence-electron chi connectivity index (χ3n) is 4.20. The van der Waals surface area contributed by atoms with Crippen molar-refractivity contribution in [1.82, 2.24) is 10.2 Å². The van der Waals surface area contributed by atoms with Gasteiger partial charge in [0.1, 0.15) is 0 Å². The number of benzene rings is 1. The van der Waals surface area contributed by atoms with Gasteiger partial charge in [-0.15, -0.1) is 0 Å². The summed E-state index contributed by atoms with van der Waals surface area (Å²) in [4.78, 5) is 13.2. The Hall–Kier alpha value is -1.69. The van der Waals surface area contributed by atoms with Crippen molar-refractivity contribution in [3.63, 3.8) is 0 Å². The largest absolute Gasteiger partial charge is 0.371 e. The van der Waals surface area contributed by atoms with Crippen molar-refractivity contribution in [2.75, 3.05) is 19.6 Å². The zero-order valence-electron chi connectivity index (χ0n) is 12.4. The fourth-order valence-corrected chi connectivity index (χ4v) is 2.99. The second-order valence-electron chi connectivity index (χ2n) is 5.97. The molecule has 2 amide bonds. The summed E-state index contributed by atoms with van der Waals surface area (Å²) in [6.07, 6.45) is 0.823. The topological polar surface area (TPSA) is 41.6 Å². The standard InChI is InChI=1S/C16H20F2N2O2/c17-16(18)6-3-7-20(11-16)15(21)19-9-14-8-12-4-1-2-5-13(12)10-22-14/h1-2,4-5,14H,3,6-11H2,(H,19,21)/t14-/m0/s1. The van der Waals surface area contributed by atoms with E-state index in [0.29, 0.717) is 26.1 Å². The first-order valence-electron chi connectivity index (χ1n) is 7.62. The predicted octanol–water partition coefficient (Wildman–Crippen LogP) is 2.57. The maximum Gasteiger partial charge on any atom is 0.317 e. The van der Waals surface area contributed by atoms with Crippen molar-refractivity contribution in [1.29, 1.82) is 0 Å². The molecule has 6 heteroatoms. The molecule has 2 aliphatic heterocycles. The number of hydrogen-bond donors (Lipinski definition) is 1. The minimum Gasteiger partial charge on any atom is -0.371 e. The third-order valence-corrected chi connectivity index (χ3v) is 4.20. The monoisotopic (exact) mass is 310 g/mol. The van der Waals surface area contributed by atoms with Gasteiger partial charge in [0.15, 0.2) is 0 Å². The Morgan fingerprint density at radius 3 is 2.91 bits per heavy atom. The fraction of sp³-hybridized carbons (Fsp3) is 0.562. The summed E-state index contributed by atoms with van der Waals surface area (Å²) >= 11 is 0. The van der Waals surface area contributed by atoms with Gasteiger partial charge in [0.2, 0.25) is 0 Å². The summed E-state index contributed by atoms with van der Waals surface area (Å²) in [7, 11) is 0. The number of alkyl halides is 2. The lowest BCUT2D eigenvalue weighted by atomic mass is 9.99. The van der Waals surface area contributed by atoms with Crippen molar-refractivity contribution in [2.24, 2.45) is 0 Å². The second-order valence-corrected chi connectivity index (χ2v) is 5.97. The zero-order chi connectivity index (χ0) is 15.6. The molecule has 3 rings (SSSR count). The Morgan fingerprint density at radius 1 is 1.36 bits per heavy atom. The van der Waals surface area contributed by atoms with E-state index in [9.17, 15) is 13.6 Å². The van der Waals surface area contributed by atoms with Crippen molar-refractivity contribution in [2.45, 2.75) is 37.9 Å². The van der Waals surface area contributed by atoms with E-state index >= 15 is 0 Å². The number of rotatable bonds is 2. The highest BCUT2D eigenvalue weighted by molar-refractivity contribution is 5.74. The number of hydrogen-bond acceptors (Lipinski definition) is 2. The summed E-state index contributed by atoms with van der Waals surface area (Å²) < 4.78 is 32.4. The van der Waals surface area contributed by atoms with Gasteiger partial charge in [0, 0.05) is 25.9 Å². The van der Waals surface area contributed by atoms with Crippen LogP contribution in [0.4, 0.5) is 13.6 Å². The molecule has 22 heavy (non-hydrogen) atoms. The number of likely N-dealkylation sites (tertiary alicyclic amines) is 1. The summed E-state index contributed by atoms with van der Waals surface area (Å²) in [6, 6.07) is 7.61. The van der Waals surface area contributed by atoms with Gasteiger partial charge in [0.25, 0.3) is 5.92 Å². The molecule has 0 aliphatic carbocycles. The molecule has 0 bridgehead atoms. The van der Waals surface area contributed by atoms with Crippen molar-refractivity contribution in [3.8, 4) is 0 Å². The van der Waals surface area contributed by atoms with Crippen molar-refractivity contribution < 1.29 is 18.3 Å². The van der Waals surface area contributed by atoms with E-state index in [-0.39, 0.29) is 12.5 Å². The Morgan fingerprint density at radius 2 is 2.14 bits per heavy atom. The Bertz CT molecular complexity index is 551. The Balaban J connectivity index is 1.50. The van der Waals surface area contributed by atoms with Crippen LogP contribution in [0.25, 0.3) is 0 Å². The first kappa shape index (κ1) is 15.2. The molecular formula is C16H20F2N2O2. The lowest BCUT2D eigenvalue weighted by Gasteiger charge is -2.33. The second kappa shape index (κ2) is 6.20. The Kier molecular flexibility index (Phi) is 4.29. The number of piperidine rings is 1. The highest BCUT2D eigenvalue weighted by Gasteiger charge is 2.37. The molecule has 1 saturated heterocycles. The SMILES string of the molecule is O=C(NC[C@@H]1Cc2ccccc2CO1)N1CCCC(F)(F)C1. The molecule has 0 spiro atoms. The molecule has 1 fully saturated rings. The van der Waals surface area contributed by atoms with Gasteiger partial charge in [-0.2, -0.15) is 0 Å². The van der Waals surface area contributed by atoms with E-state index in [4.69, 9.17) is 4.74 Å². The molecule has 120 valence electrons. The average molecular weight is 310 g/mol. The van der Waals surface area contributed by atoms with Gasteiger partial charge in [-0.05, 0) is 17.5 Å². The van der Waals surface area contributed by atoms with Gasteiger partial charge < -0.3 is 15.0 Å². The number of carbonyl (C=O) groups excluding carboxylic acids is 1. The smallest absolute Gasteiger partial charge is 0.317 e. The molecule has 4 nitrogen and oxygen atoms in total. The van der Waals surface area contributed by atoms with E-state index in [1.807, 2.05) is 18.2 Å². The average Bonchev–Trinajstić information content (AvgIpc) is 2.51. The highest BCUT2D eigenvalue weighted by atomic mass is 19.3. The first-order valence-corrected chi connectivity index (χ1v) is 7.62. The van der Waals surface area contributed by atoms with Crippen LogP contribution in [0.2, 0.25) is 0 Å². The van der Waals surface area contributed by atoms with Gasteiger partial charge in [-0.3, -0.25) is 0 Å². The third kappa shape index (κ3) is 3.55. The molecule has 2 heterocycles. The molecule has 0 saturated carbocycles. The molecule has 0 unspecified atom stereocenters. The maximum atomic E-state index is 13.3.